The van der Waals surface area contributed by atoms with E-state index in [0.717, 1.165) is 32.4 Å². The number of hydrogen-bond donors (Lipinski definition) is 2. The third-order valence-electron chi connectivity index (χ3n) is 2.65. The average Bonchev–Trinajstić information content (AvgIpc) is 2.09. The van der Waals surface area contributed by atoms with Crippen molar-refractivity contribution in [2.24, 2.45) is 5.73 Å². The second-order valence-electron chi connectivity index (χ2n) is 3.59. The van der Waals surface area contributed by atoms with Gasteiger partial charge in [-0.25, -0.2) is 0 Å². The normalized spacial score (nSPS) is 22.9. The molecule has 1 saturated heterocycles. The second kappa shape index (κ2) is 4.58. The van der Waals surface area contributed by atoms with Crippen LogP contribution in [0.4, 0.5) is 0 Å². The summed E-state index contributed by atoms with van der Waals surface area (Å²) in [5.41, 5.74) is 5.27. The highest BCUT2D eigenvalue weighted by molar-refractivity contribution is 5.79. The van der Waals surface area contributed by atoms with Crippen LogP contribution in [0.3, 0.4) is 0 Å². The van der Waals surface area contributed by atoms with Gasteiger partial charge in [0.1, 0.15) is 0 Å². The van der Waals surface area contributed by atoms with E-state index < -0.39 is 0 Å². The first-order valence-electron chi connectivity index (χ1n) is 4.86. The molecule has 1 heterocycles. The Morgan fingerprint density at radius 2 is 2.15 bits per heavy atom. The van der Waals surface area contributed by atoms with Crippen LogP contribution in [0.5, 0.6) is 0 Å². The first-order valence-corrected chi connectivity index (χ1v) is 4.86. The van der Waals surface area contributed by atoms with Crippen LogP contribution in [-0.4, -0.2) is 41.1 Å². The van der Waals surface area contributed by atoms with Crippen LogP contribution < -0.4 is 5.73 Å². The lowest BCUT2D eigenvalue weighted by atomic mass is 10.0. The van der Waals surface area contributed by atoms with Crippen molar-refractivity contribution < 1.29 is 9.90 Å². The monoisotopic (exact) mass is 186 g/mol. The second-order valence-corrected chi connectivity index (χ2v) is 3.59. The molecule has 1 aliphatic rings. The maximum atomic E-state index is 11.0. The maximum Gasteiger partial charge on any atom is 0.234 e. The zero-order valence-corrected chi connectivity index (χ0v) is 8.07. The van der Waals surface area contributed by atoms with Crippen molar-refractivity contribution in [1.29, 1.82) is 0 Å². The molecule has 76 valence electrons. The number of rotatable bonds is 3. The molecular formula is C9H18N2O2. The number of piperidine rings is 1. The first-order chi connectivity index (χ1) is 6.15. The van der Waals surface area contributed by atoms with Crippen LogP contribution in [0.1, 0.15) is 26.2 Å². The Hall–Kier alpha value is -0.610. The fraction of sp³-hybridized carbons (Fsp3) is 0.889. The predicted molar refractivity (Wildman–Crippen MR) is 50.1 cm³/mol. The Morgan fingerprint density at radius 3 is 2.54 bits per heavy atom. The fourth-order valence-corrected chi connectivity index (χ4v) is 1.84. The van der Waals surface area contributed by atoms with Crippen molar-refractivity contribution in [3.05, 3.63) is 0 Å². The van der Waals surface area contributed by atoms with E-state index in [2.05, 4.69) is 4.90 Å². The molecule has 0 aliphatic carbocycles. The van der Waals surface area contributed by atoms with Crippen LogP contribution in [0.25, 0.3) is 0 Å². The molecule has 0 aromatic carbocycles. The predicted octanol–water partition coefficient (Wildman–Crippen LogP) is -0.293. The zero-order chi connectivity index (χ0) is 9.84. The number of nitrogens with zero attached hydrogens (tertiary/aromatic N) is 1. The summed E-state index contributed by atoms with van der Waals surface area (Å²) in [6.07, 6.45) is 2.07. The molecule has 0 saturated carbocycles. The minimum atomic E-state index is -0.251. The standard InChI is InChI=1S/C9H18N2O2/c1-2-8(9(10)13)11-5-3-7(12)4-6-11/h7-8,12H,2-6H2,1H3,(H2,10,13). The fourth-order valence-electron chi connectivity index (χ4n) is 1.84. The lowest BCUT2D eigenvalue weighted by Gasteiger charge is -2.33. The molecule has 13 heavy (non-hydrogen) atoms. The van der Waals surface area contributed by atoms with Crippen LogP contribution in [0.15, 0.2) is 0 Å². The molecule has 4 heteroatoms. The van der Waals surface area contributed by atoms with Gasteiger partial charge in [-0.05, 0) is 19.3 Å². The Morgan fingerprint density at radius 1 is 1.62 bits per heavy atom. The van der Waals surface area contributed by atoms with Gasteiger partial charge in [0.15, 0.2) is 0 Å². The highest BCUT2D eigenvalue weighted by Crippen LogP contribution is 2.14. The molecule has 0 radical (unpaired) electrons. The SMILES string of the molecule is CCC(C(N)=O)N1CCC(O)CC1. The molecule has 0 spiro atoms. The minimum absolute atomic E-state index is 0.146. The third-order valence-corrected chi connectivity index (χ3v) is 2.65. The quantitative estimate of drug-likeness (QED) is 0.636. The summed E-state index contributed by atoms with van der Waals surface area (Å²) in [7, 11) is 0. The summed E-state index contributed by atoms with van der Waals surface area (Å²) in [5, 5.41) is 9.28. The maximum absolute atomic E-state index is 11.0. The molecule has 1 aliphatic heterocycles. The Labute approximate surface area is 78.7 Å². The summed E-state index contributed by atoms with van der Waals surface area (Å²) < 4.78 is 0. The summed E-state index contributed by atoms with van der Waals surface area (Å²) in [6, 6.07) is -0.146. The van der Waals surface area contributed by atoms with Gasteiger partial charge in [0.05, 0.1) is 12.1 Å². The topological polar surface area (TPSA) is 66.6 Å². The molecule has 1 unspecified atom stereocenters. The van der Waals surface area contributed by atoms with E-state index >= 15 is 0 Å². The molecule has 1 rings (SSSR count). The summed E-state index contributed by atoms with van der Waals surface area (Å²) in [6.45, 7) is 3.52. The molecule has 0 bridgehead atoms. The average molecular weight is 186 g/mol. The van der Waals surface area contributed by atoms with Gasteiger partial charge in [-0.1, -0.05) is 6.92 Å². The number of aliphatic hydroxyl groups is 1. The number of hydrogen-bond acceptors (Lipinski definition) is 3. The Balaban J connectivity index is 2.46. The van der Waals surface area contributed by atoms with Crippen molar-refractivity contribution in [3.8, 4) is 0 Å². The van der Waals surface area contributed by atoms with Crippen molar-refractivity contribution in [1.82, 2.24) is 4.90 Å². The summed E-state index contributed by atoms with van der Waals surface area (Å²) in [4.78, 5) is 13.1. The molecule has 4 nitrogen and oxygen atoms in total. The number of primary amides is 1. The van der Waals surface area contributed by atoms with Gasteiger partial charge in [0.25, 0.3) is 0 Å². The van der Waals surface area contributed by atoms with E-state index in [1.807, 2.05) is 6.92 Å². The lowest BCUT2D eigenvalue weighted by molar-refractivity contribution is -0.124. The van der Waals surface area contributed by atoms with Crippen molar-refractivity contribution >= 4 is 5.91 Å². The molecule has 1 amide bonds. The third kappa shape index (κ3) is 2.67. The smallest absolute Gasteiger partial charge is 0.234 e. The van der Waals surface area contributed by atoms with Gasteiger partial charge >= 0.3 is 0 Å². The zero-order valence-electron chi connectivity index (χ0n) is 8.07. The molecule has 3 N–H and O–H groups in total. The minimum Gasteiger partial charge on any atom is -0.393 e. The molecule has 1 atom stereocenters. The highest BCUT2D eigenvalue weighted by atomic mass is 16.3. The van der Waals surface area contributed by atoms with Gasteiger partial charge in [-0.2, -0.15) is 0 Å². The number of likely N-dealkylation sites (tertiary alicyclic amines) is 1. The van der Waals surface area contributed by atoms with Gasteiger partial charge in [-0.15, -0.1) is 0 Å². The molecule has 1 fully saturated rings. The largest absolute Gasteiger partial charge is 0.393 e. The molecule has 0 aromatic rings. The van der Waals surface area contributed by atoms with E-state index in [0.29, 0.717) is 0 Å². The van der Waals surface area contributed by atoms with E-state index in [9.17, 15) is 9.90 Å². The highest BCUT2D eigenvalue weighted by Gasteiger charge is 2.25. The number of carbonyl (C=O) groups is 1. The first kappa shape index (κ1) is 10.5. The van der Waals surface area contributed by atoms with Crippen molar-refractivity contribution in [2.45, 2.75) is 38.3 Å². The van der Waals surface area contributed by atoms with E-state index in [1.54, 1.807) is 0 Å². The lowest BCUT2D eigenvalue weighted by Crippen LogP contribution is -2.48. The van der Waals surface area contributed by atoms with Gasteiger partial charge in [-0.3, -0.25) is 9.69 Å². The summed E-state index contributed by atoms with van der Waals surface area (Å²) >= 11 is 0. The van der Waals surface area contributed by atoms with Crippen molar-refractivity contribution in [2.75, 3.05) is 13.1 Å². The van der Waals surface area contributed by atoms with Crippen LogP contribution in [0.2, 0.25) is 0 Å². The number of nitrogens with two attached hydrogens (primary N) is 1. The number of aliphatic hydroxyl groups excluding tert-OH is 1. The van der Waals surface area contributed by atoms with Gasteiger partial charge < -0.3 is 10.8 Å². The van der Waals surface area contributed by atoms with Gasteiger partial charge in [0.2, 0.25) is 5.91 Å². The van der Waals surface area contributed by atoms with E-state index in [4.69, 9.17) is 5.73 Å². The van der Waals surface area contributed by atoms with Crippen LogP contribution in [-0.2, 0) is 4.79 Å². The van der Waals surface area contributed by atoms with E-state index in [1.165, 1.54) is 0 Å². The summed E-state index contributed by atoms with van der Waals surface area (Å²) in [5.74, 6) is -0.251. The van der Waals surface area contributed by atoms with Crippen molar-refractivity contribution in [3.63, 3.8) is 0 Å². The molecule has 0 aromatic heterocycles. The Kier molecular flexibility index (Phi) is 3.69. The Bertz CT molecular complexity index is 176. The van der Waals surface area contributed by atoms with Gasteiger partial charge in [0, 0.05) is 13.1 Å². The van der Waals surface area contributed by atoms with Crippen LogP contribution in [0, 0.1) is 0 Å². The van der Waals surface area contributed by atoms with E-state index in [-0.39, 0.29) is 18.1 Å². The van der Waals surface area contributed by atoms with Crippen LogP contribution >= 0.6 is 0 Å². The number of carbonyl (C=O) groups excluding carboxylic acids is 1. The molecular weight excluding hydrogens is 168 g/mol. The number of amides is 1.